The first-order valence-electron chi connectivity index (χ1n) is 12.1. The Morgan fingerprint density at radius 2 is 1.92 bits per heavy atom. The Morgan fingerprint density at radius 3 is 2.62 bits per heavy atom. The number of likely N-dealkylation sites (N-methyl/N-ethyl adjacent to an activating group) is 1. The second kappa shape index (κ2) is 10.4. The first-order chi connectivity index (χ1) is 18.1. The lowest BCUT2D eigenvalue weighted by molar-refractivity contribution is 0.0561. The van der Waals surface area contributed by atoms with Crippen LogP contribution < -0.4 is 10.6 Å². The molecular weight excluding hydrogens is 591 g/mol. The van der Waals surface area contributed by atoms with Crippen LogP contribution in [0.5, 0.6) is 0 Å². The summed E-state index contributed by atoms with van der Waals surface area (Å²) in [6.07, 6.45) is 2.43. The standard InChI is InChI=1S/C26H30BrFN6O4S/c1-25(2,3)38-24(35)33-23-26(4,5)39(36,37)34(6)14-20(32-23)18-12-17(7-8-19(18)28)31-22-21-15(9-10-29-22)11-16(27)13-30-21/h7-13,20H,14H2,1-6H3,(H,29,31)(H,32,33,35). The number of aromatic nitrogens is 2. The Morgan fingerprint density at radius 1 is 1.21 bits per heavy atom. The fraction of sp³-hybridized carbons (Fsp3) is 0.385. The normalized spacial score (nSPS) is 19.2. The minimum atomic E-state index is -3.98. The van der Waals surface area contributed by atoms with Crippen LogP contribution >= 0.6 is 15.9 Å². The maximum atomic E-state index is 15.2. The highest BCUT2D eigenvalue weighted by Crippen LogP contribution is 2.34. The van der Waals surface area contributed by atoms with Gasteiger partial charge in [0.1, 0.15) is 27.5 Å². The van der Waals surface area contributed by atoms with Crippen LogP contribution in [-0.2, 0) is 14.8 Å². The molecule has 0 saturated heterocycles. The maximum absolute atomic E-state index is 15.2. The number of carbonyl (C=O) groups is 1. The first kappa shape index (κ1) is 28.8. The number of fused-ring (bicyclic) bond motifs is 1. The van der Waals surface area contributed by atoms with Crippen LogP contribution in [0, 0.1) is 5.82 Å². The summed E-state index contributed by atoms with van der Waals surface area (Å²) >= 11 is 3.41. The van der Waals surface area contributed by atoms with Crippen molar-refractivity contribution in [3.05, 3.63) is 58.6 Å². The van der Waals surface area contributed by atoms with Gasteiger partial charge in [-0.05, 0) is 80.9 Å². The van der Waals surface area contributed by atoms with Crippen LogP contribution in [0.4, 0.5) is 20.7 Å². The summed E-state index contributed by atoms with van der Waals surface area (Å²) < 4.78 is 47.6. The molecule has 39 heavy (non-hydrogen) atoms. The van der Waals surface area contributed by atoms with Crippen molar-refractivity contribution in [2.45, 2.75) is 51.0 Å². The first-order valence-corrected chi connectivity index (χ1v) is 14.3. The molecule has 1 amide bonds. The summed E-state index contributed by atoms with van der Waals surface area (Å²) in [6.45, 7) is 7.78. The molecule has 3 heterocycles. The maximum Gasteiger partial charge on any atom is 0.413 e. The van der Waals surface area contributed by atoms with Gasteiger partial charge in [0.05, 0.1) is 6.04 Å². The second-order valence-electron chi connectivity index (χ2n) is 10.7. The number of ether oxygens (including phenoxy) is 1. The molecule has 4 rings (SSSR count). The fourth-order valence-electron chi connectivity index (χ4n) is 4.09. The summed E-state index contributed by atoms with van der Waals surface area (Å²) in [4.78, 5) is 26.0. The summed E-state index contributed by atoms with van der Waals surface area (Å²) in [7, 11) is -2.58. The number of rotatable bonds is 3. The molecule has 1 atom stereocenters. The number of amides is 1. The lowest BCUT2D eigenvalue weighted by atomic mass is 10.0. The largest absolute Gasteiger partial charge is 0.444 e. The predicted octanol–water partition coefficient (Wildman–Crippen LogP) is 5.29. The number of aliphatic imine (C=N–C) groups is 1. The van der Waals surface area contributed by atoms with Crippen molar-refractivity contribution in [2.75, 3.05) is 18.9 Å². The molecule has 3 aromatic rings. The van der Waals surface area contributed by atoms with Gasteiger partial charge < -0.3 is 10.1 Å². The minimum absolute atomic E-state index is 0.138. The molecule has 1 unspecified atom stereocenters. The lowest BCUT2D eigenvalue weighted by Gasteiger charge is -2.29. The number of alkyl carbamates (subject to hydrolysis) is 1. The van der Waals surface area contributed by atoms with Gasteiger partial charge in [0.15, 0.2) is 5.82 Å². The van der Waals surface area contributed by atoms with Crippen molar-refractivity contribution in [2.24, 2.45) is 4.99 Å². The van der Waals surface area contributed by atoms with E-state index in [2.05, 4.69) is 41.5 Å². The van der Waals surface area contributed by atoms with E-state index in [0.717, 1.165) is 14.2 Å². The zero-order chi connectivity index (χ0) is 28.8. The van der Waals surface area contributed by atoms with E-state index in [0.29, 0.717) is 17.0 Å². The average Bonchev–Trinajstić information content (AvgIpc) is 2.88. The van der Waals surface area contributed by atoms with Crippen LogP contribution in [0.25, 0.3) is 10.9 Å². The van der Waals surface area contributed by atoms with Crippen molar-refractivity contribution >= 4 is 60.3 Å². The summed E-state index contributed by atoms with van der Waals surface area (Å²) in [5.74, 6) is -0.256. The molecule has 0 aliphatic carbocycles. The number of anilines is 2. The van der Waals surface area contributed by atoms with Gasteiger partial charge in [-0.2, -0.15) is 0 Å². The molecule has 208 valence electrons. The molecule has 1 aliphatic rings. The number of halogens is 2. The van der Waals surface area contributed by atoms with Gasteiger partial charge >= 0.3 is 6.09 Å². The molecule has 0 radical (unpaired) electrons. The van der Waals surface area contributed by atoms with E-state index in [9.17, 15) is 13.2 Å². The SMILES string of the molecule is CN1CC(c2cc(Nc3nccc4cc(Br)cnc34)ccc2F)N=C(NC(=O)OC(C)(C)C)C(C)(C)S1(=O)=O. The Hall–Kier alpha value is -3.16. The smallest absolute Gasteiger partial charge is 0.413 e. The minimum Gasteiger partial charge on any atom is -0.444 e. The third kappa shape index (κ3) is 6.04. The number of sulfonamides is 1. The van der Waals surface area contributed by atoms with Crippen LogP contribution in [-0.4, -0.2) is 58.6 Å². The number of nitrogens with zero attached hydrogens (tertiary/aromatic N) is 4. The number of benzene rings is 1. The zero-order valence-corrected chi connectivity index (χ0v) is 24.8. The van der Waals surface area contributed by atoms with Crippen molar-refractivity contribution in [3.63, 3.8) is 0 Å². The molecule has 13 heteroatoms. The van der Waals surface area contributed by atoms with Crippen molar-refractivity contribution < 1.29 is 22.3 Å². The van der Waals surface area contributed by atoms with Crippen molar-refractivity contribution in [3.8, 4) is 0 Å². The van der Waals surface area contributed by atoms with E-state index in [4.69, 9.17) is 4.74 Å². The van der Waals surface area contributed by atoms with E-state index in [1.165, 1.54) is 27.0 Å². The second-order valence-corrected chi connectivity index (χ2v) is 14.2. The molecule has 1 aliphatic heterocycles. The topological polar surface area (TPSA) is 126 Å². The van der Waals surface area contributed by atoms with Crippen LogP contribution in [0.3, 0.4) is 0 Å². The average molecular weight is 622 g/mol. The van der Waals surface area contributed by atoms with Gasteiger partial charge in [0, 0.05) is 47.1 Å². The molecular formula is C26H30BrFN6O4S. The quantitative estimate of drug-likeness (QED) is 0.407. The summed E-state index contributed by atoms with van der Waals surface area (Å²) in [6, 6.07) is 7.13. The van der Waals surface area contributed by atoms with Gasteiger partial charge in [0.25, 0.3) is 0 Å². The Labute approximate surface area is 235 Å². The Kier molecular flexibility index (Phi) is 7.71. The van der Waals surface area contributed by atoms with Gasteiger partial charge in [-0.1, -0.05) is 0 Å². The molecule has 2 aromatic heterocycles. The van der Waals surface area contributed by atoms with Crippen molar-refractivity contribution in [1.29, 1.82) is 0 Å². The highest BCUT2D eigenvalue weighted by atomic mass is 79.9. The Balaban J connectivity index is 1.75. The molecule has 1 aromatic carbocycles. The molecule has 0 fully saturated rings. The van der Waals surface area contributed by atoms with Gasteiger partial charge in [-0.15, -0.1) is 0 Å². The zero-order valence-electron chi connectivity index (χ0n) is 22.4. The highest BCUT2D eigenvalue weighted by molar-refractivity contribution is 9.10. The highest BCUT2D eigenvalue weighted by Gasteiger charge is 2.47. The number of amidine groups is 1. The van der Waals surface area contributed by atoms with Crippen LogP contribution in [0.1, 0.15) is 46.2 Å². The number of pyridine rings is 2. The van der Waals surface area contributed by atoms with E-state index in [-0.39, 0.29) is 17.9 Å². The number of hydrogen-bond acceptors (Lipinski definition) is 8. The number of hydrogen-bond donors (Lipinski definition) is 2. The summed E-state index contributed by atoms with van der Waals surface area (Å²) in [5, 5.41) is 6.53. The van der Waals surface area contributed by atoms with Gasteiger partial charge in [0.2, 0.25) is 10.0 Å². The monoisotopic (exact) mass is 620 g/mol. The van der Waals surface area contributed by atoms with E-state index in [1.807, 2.05) is 12.1 Å². The number of nitrogens with one attached hydrogen (secondary N) is 2. The van der Waals surface area contributed by atoms with E-state index >= 15 is 4.39 Å². The van der Waals surface area contributed by atoms with Crippen LogP contribution in [0.15, 0.2) is 52.2 Å². The molecule has 0 bridgehead atoms. The third-order valence-corrected chi connectivity index (χ3v) is 9.03. The lowest BCUT2D eigenvalue weighted by Crippen LogP contribution is -2.53. The molecule has 0 saturated carbocycles. The Bertz CT molecular complexity index is 1570. The van der Waals surface area contributed by atoms with E-state index < -0.39 is 38.3 Å². The number of carbonyl (C=O) groups excluding carboxylic acids is 1. The molecule has 0 spiro atoms. The fourth-order valence-corrected chi connectivity index (χ4v) is 5.91. The van der Waals surface area contributed by atoms with E-state index in [1.54, 1.807) is 45.3 Å². The molecule has 2 N–H and O–H groups in total. The third-order valence-electron chi connectivity index (χ3n) is 6.14. The van der Waals surface area contributed by atoms with Gasteiger partial charge in [-0.25, -0.2) is 26.9 Å². The van der Waals surface area contributed by atoms with Crippen LogP contribution in [0.2, 0.25) is 0 Å². The van der Waals surface area contributed by atoms with Crippen molar-refractivity contribution in [1.82, 2.24) is 19.6 Å². The molecule has 10 nitrogen and oxygen atoms in total. The predicted molar refractivity (Wildman–Crippen MR) is 152 cm³/mol. The summed E-state index contributed by atoms with van der Waals surface area (Å²) in [5.41, 5.74) is 0.443. The van der Waals surface area contributed by atoms with Gasteiger partial charge in [-0.3, -0.25) is 15.3 Å².